The van der Waals surface area contributed by atoms with Crippen molar-refractivity contribution >= 4 is 5.91 Å². The summed E-state index contributed by atoms with van der Waals surface area (Å²) in [5.74, 6) is -0.462. The number of hydrogen-bond donors (Lipinski definition) is 2. The smallest absolute Gasteiger partial charge is 0.234 e. The fourth-order valence-corrected chi connectivity index (χ4v) is 1.55. The number of nitrogens with zero attached hydrogens (tertiary/aromatic N) is 1. The number of amides is 1. The molecule has 0 aliphatic heterocycles. The van der Waals surface area contributed by atoms with Gasteiger partial charge in [0.25, 0.3) is 0 Å². The van der Waals surface area contributed by atoms with Gasteiger partial charge in [-0.1, -0.05) is 0 Å². The molecule has 2 unspecified atom stereocenters. The van der Waals surface area contributed by atoms with Gasteiger partial charge < -0.3 is 20.9 Å². The Hall–Kier alpha value is -0.690. The standard InChI is InChI=1S/C11H25N3O3/c1-9(8-17-3)14(6-7-16-2)5-4-10(12)11(13)15/h9-10H,4-8,12H2,1-3H3,(H2,13,15). The molecule has 0 saturated heterocycles. The quantitative estimate of drug-likeness (QED) is 0.526. The van der Waals surface area contributed by atoms with Crippen LogP contribution in [-0.4, -0.2) is 63.4 Å². The SMILES string of the molecule is COCCN(CCC(N)C(N)=O)C(C)COC. The van der Waals surface area contributed by atoms with E-state index in [-0.39, 0.29) is 6.04 Å². The van der Waals surface area contributed by atoms with Crippen LogP contribution in [0.2, 0.25) is 0 Å². The van der Waals surface area contributed by atoms with E-state index in [1.807, 2.05) is 0 Å². The fourth-order valence-electron chi connectivity index (χ4n) is 1.55. The predicted octanol–water partition coefficient (Wildman–Crippen LogP) is -0.828. The molecule has 0 rings (SSSR count). The molecule has 6 nitrogen and oxygen atoms in total. The lowest BCUT2D eigenvalue weighted by Crippen LogP contribution is -2.44. The highest BCUT2D eigenvalue weighted by molar-refractivity contribution is 5.79. The van der Waals surface area contributed by atoms with Crippen LogP contribution in [0.15, 0.2) is 0 Å². The van der Waals surface area contributed by atoms with Crippen LogP contribution in [0.5, 0.6) is 0 Å². The minimum absolute atomic E-state index is 0.259. The summed E-state index contributed by atoms with van der Waals surface area (Å²) in [7, 11) is 3.33. The maximum absolute atomic E-state index is 10.9. The van der Waals surface area contributed by atoms with Crippen molar-refractivity contribution in [3.63, 3.8) is 0 Å². The molecule has 0 radical (unpaired) electrons. The Bertz CT molecular complexity index is 214. The Morgan fingerprint density at radius 2 is 1.94 bits per heavy atom. The van der Waals surface area contributed by atoms with Gasteiger partial charge >= 0.3 is 0 Å². The van der Waals surface area contributed by atoms with Gasteiger partial charge in [0.05, 0.1) is 19.3 Å². The van der Waals surface area contributed by atoms with Crippen LogP contribution in [0.4, 0.5) is 0 Å². The Morgan fingerprint density at radius 1 is 1.29 bits per heavy atom. The third kappa shape index (κ3) is 7.27. The molecule has 0 saturated carbocycles. The normalized spacial score (nSPS) is 14.9. The predicted molar refractivity (Wildman–Crippen MR) is 66.6 cm³/mol. The minimum Gasteiger partial charge on any atom is -0.383 e. The lowest BCUT2D eigenvalue weighted by atomic mass is 10.2. The molecule has 0 heterocycles. The van der Waals surface area contributed by atoms with Gasteiger partial charge in [-0.05, 0) is 13.3 Å². The highest BCUT2D eigenvalue weighted by atomic mass is 16.5. The molecule has 0 fully saturated rings. The maximum Gasteiger partial charge on any atom is 0.234 e. The zero-order valence-electron chi connectivity index (χ0n) is 11.0. The highest BCUT2D eigenvalue weighted by Gasteiger charge is 2.16. The number of primary amides is 1. The number of nitrogens with two attached hydrogens (primary N) is 2. The Morgan fingerprint density at radius 3 is 2.41 bits per heavy atom. The number of methoxy groups -OCH3 is 2. The largest absolute Gasteiger partial charge is 0.383 e. The summed E-state index contributed by atoms with van der Waals surface area (Å²) in [6.45, 7) is 4.83. The molecule has 0 aliphatic carbocycles. The molecule has 0 spiro atoms. The zero-order chi connectivity index (χ0) is 13.3. The van der Waals surface area contributed by atoms with Crippen molar-refractivity contribution in [1.82, 2.24) is 4.90 Å². The molecule has 0 aromatic carbocycles. The molecule has 0 bridgehead atoms. The molecule has 6 heteroatoms. The van der Waals surface area contributed by atoms with Crippen molar-refractivity contribution in [3.05, 3.63) is 0 Å². The second-order valence-electron chi connectivity index (χ2n) is 4.13. The number of carbonyl (C=O) groups is 1. The number of hydrogen-bond acceptors (Lipinski definition) is 5. The van der Waals surface area contributed by atoms with E-state index in [9.17, 15) is 4.79 Å². The van der Waals surface area contributed by atoms with Gasteiger partial charge in [0.2, 0.25) is 5.91 Å². The summed E-state index contributed by atoms with van der Waals surface area (Å²) in [6.07, 6.45) is 0.549. The molecule has 0 aliphatic rings. The van der Waals surface area contributed by atoms with Crippen LogP contribution >= 0.6 is 0 Å². The van der Waals surface area contributed by atoms with E-state index in [1.165, 1.54) is 0 Å². The van der Waals surface area contributed by atoms with Crippen LogP contribution in [0.3, 0.4) is 0 Å². The Kier molecular flexibility index (Phi) is 8.97. The maximum atomic E-state index is 10.9. The van der Waals surface area contributed by atoms with Crippen LogP contribution < -0.4 is 11.5 Å². The Labute approximate surface area is 103 Å². The van der Waals surface area contributed by atoms with E-state index in [4.69, 9.17) is 20.9 Å². The average molecular weight is 247 g/mol. The summed E-state index contributed by atoms with van der Waals surface area (Å²) in [5.41, 5.74) is 10.7. The number of rotatable bonds is 10. The van der Waals surface area contributed by atoms with Gasteiger partial charge in [0, 0.05) is 33.4 Å². The number of ether oxygens (including phenoxy) is 2. The van der Waals surface area contributed by atoms with Gasteiger partial charge in [-0.3, -0.25) is 9.69 Å². The van der Waals surface area contributed by atoms with Crippen LogP contribution in [0.1, 0.15) is 13.3 Å². The third-order valence-electron chi connectivity index (χ3n) is 2.71. The summed E-state index contributed by atoms with van der Waals surface area (Å²) in [6, 6.07) is -0.329. The molecule has 2 atom stereocenters. The topological polar surface area (TPSA) is 90.8 Å². The van der Waals surface area contributed by atoms with Crippen LogP contribution in [-0.2, 0) is 14.3 Å². The van der Waals surface area contributed by atoms with Gasteiger partial charge in [0.1, 0.15) is 0 Å². The van der Waals surface area contributed by atoms with E-state index in [1.54, 1.807) is 14.2 Å². The van der Waals surface area contributed by atoms with Gasteiger partial charge in [-0.25, -0.2) is 0 Å². The second-order valence-corrected chi connectivity index (χ2v) is 4.13. The zero-order valence-corrected chi connectivity index (χ0v) is 11.0. The summed E-state index contributed by atoms with van der Waals surface area (Å²) in [5, 5.41) is 0. The molecule has 102 valence electrons. The van der Waals surface area contributed by atoms with Crippen molar-refractivity contribution in [2.45, 2.75) is 25.4 Å². The van der Waals surface area contributed by atoms with E-state index < -0.39 is 11.9 Å². The molecular weight excluding hydrogens is 222 g/mol. The van der Waals surface area contributed by atoms with Gasteiger partial charge in [-0.2, -0.15) is 0 Å². The van der Waals surface area contributed by atoms with E-state index >= 15 is 0 Å². The monoisotopic (exact) mass is 247 g/mol. The first-order chi connectivity index (χ1) is 8.02. The fraction of sp³-hybridized carbons (Fsp3) is 0.909. The van der Waals surface area contributed by atoms with Crippen molar-refractivity contribution in [2.24, 2.45) is 11.5 Å². The second kappa shape index (κ2) is 9.35. The van der Waals surface area contributed by atoms with Crippen LogP contribution in [0.25, 0.3) is 0 Å². The van der Waals surface area contributed by atoms with E-state index in [2.05, 4.69) is 11.8 Å². The highest BCUT2D eigenvalue weighted by Crippen LogP contribution is 2.02. The van der Waals surface area contributed by atoms with Crippen molar-refractivity contribution < 1.29 is 14.3 Å². The van der Waals surface area contributed by atoms with Crippen molar-refractivity contribution in [2.75, 3.05) is 40.5 Å². The molecule has 0 aromatic rings. The first kappa shape index (κ1) is 16.3. The van der Waals surface area contributed by atoms with Gasteiger partial charge in [-0.15, -0.1) is 0 Å². The lowest BCUT2D eigenvalue weighted by Gasteiger charge is -2.29. The molecule has 4 N–H and O–H groups in total. The van der Waals surface area contributed by atoms with Crippen molar-refractivity contribution in [3.8, 4) is 0 Å². The summed E-state index contributed by atoms with van der Waals surface area (Å²) >= 11 is 0. The first-order valence-electron chi connectivity index (χ1n) is 5.79. The third-order valence-corrected chi connectivity index (χ3v) is 2.71. The van der Waals surface area contributed by atoms with E-state index in [0.29, 0.717) is 26.2 Å². The lowest BCUT2D eigenvalue weighted by molar-refractivity contribution is -0.119. The molecule has 0 aromatic heterocycles. The molecular formula is C11H25N3O3. The van der Waals surface area contributed by atoms with Crippen molar-refractivity contribution in [1.29, 1.82) is 0 Å². The van der Waals surface area contributed by atoms with E-state index in [0.717, 1.165) is 6.54 Å². The summed E-state index contributed by atoms with van der Waals surface area (Å²) < 4.78 is 10.2. The van der Waals surface area contributed by atoms with Crippen LogP contribution in [0, 0.1) is 0 Å². The Balaban J connectivity index is 4.13. The molecule has 1 amide bonds. The summed E-state index contributed by atoms with van der Waals surface area (Å²) in [4.78, 5) is 13.0. The first-order valence-corrected chi connectivity index (χ1v) is 5.79. The van der Waals surface area contributed by atoms with Gasteiger partial charge in [0.15, 0.2) is 0 Å². The molecule has 17 heavy (non-hydrogen) atoms. The average Bonchev–Trinajstić information content (AvgIpc) is 2.28. The number of carbonyl (C=O) groups excluding carboxylic acids is 1. The minimum atomic E-state index is -0.588.